The van der Waals surface area contributed by atoms with Gasteiger partial charge in [-0.15, -0.1) is 0 Å². The molecule has 0 unspecified atom stereocenters. The van der Waals surface area contributed by atoms with Gasteiger partial charge in [-0.2, -0.15) is 9.97 Å². The van der Waals surface area contributed by atoms with Crippen LogP contribution in [0.2, 0.25) is 0 Å². The molecule has 11 rings (SSSR count). The summed E-state index contributed by atoms with van der Waals surface area (Å²) in [4.78, 5) is 15.7. The fraction of sp³-hybridized carbons (Fsp3) is 0.0217. The minimum atomic E-state index is -3.97. The average molecular weight is 701 g/mol. The summed E-state index contributed by atoms with van der Waals surface area (Å²) in [7, 11) is -3.97. The highest BCUT2D eigenvalue weighted by Crippen LogP contribution is 2.61. The molecule has 9 aromatic rings. The van der Waals surface area contributed by atoms with Crippen LogP contribution in [0.25, 0.3) is 61.7 Å². The van der Waals surface area contributed by atoms with Crippen molar-refractivity contribution in [2.75, 3.05) is 0 Å². The molecule has 1 aliphatic carbocycles. The van der Waals surface area contributed by atoms with E-state index in [-0.39, 0.29) is 4.90 Å². The molecule has 3 heterocycles. The molecule has 53 heavy (non-hydrogen) atoms. The van der Waals surface area contributed by atoms with Crippen molar-refractivity contribution in [2.24, 2.45) is 0 Å². The van der Waals surface area contributed by atoms with E-state index >= 15 is 0 Å². The van der Waals surface area contributed by atoms with Crippen molar-refractivity contribution in [2.45, 2.75) is 15.2 Å². The fourth-order valence-electron chi connectivity index (χ4n) is 8.71. The van der Waals surface area contributed by atoms with Gasteiger partial charge in [0.1, 0.15) is 0 Å². The van der Waals surface area contributed by atoms with Crippen molar-refractivity contribution in [1.29, 1.82) is 0 Å². The maximum Gasteiger partial charge on any atom is 0.238 e. The first-order chi connectivity index (χ1) is 26.0. The number of hydrogen-bond acceptors (Lipinski definition) is 5. The Morgan fingerprint density at radius 2 is 0.962 bits per heavy atom. The van der Waals surface area contributed by atoms with Gasteiger partial charge in [0, 0.05) is 21.9 Å². The van der Waals surface area contributed by atoms with E-state index in [0.717, 1.165) is 60.8 Å². The molecule has 250 valence electrons. The molecule has 7 aromatic carbocycles. The van der Waals surface area contributed by atoms with Crippen LogP contribution in [0.5, 0.6) is 0 Å². The van der Waals surface area contributed by atoms with E-state index < -0.39 is 15.3 Å². The van der Waals surface area contributed by atoms with Gasteiger partial charge in [-0.05, 0) is 57.6 Å². The number of hydrogen-bond donors (Lipinski definition) is 0. The van der Waals surface area contributed by atoms with Gasteiger partial charge in [-0.3, -0.25) is 4.57 Å². The van der Waals surface area contributed by atoms with Gasteiger partial charge >= 0.3 is 0 Å². The monoisotopic (exact) mass is 700 g/mol. The van der Waals surface area contributed by atoms with E-state index in [1.54, 1.807) is 6.07 Å². The van der Waals surface area contributed by atoms with Crippen molar-refractivity contribution in [3.05, 3.63) is 192 Å². The van der Waals surface area contributed by atoms with Gasteiger partial charge in [0.05, 0.1) is 26.2 Å². The lowest BCUT2D eigenvalue weighted by molar-refractivity contribution is 0.581. The second-order valence-electron chi connectivity index (χ2n) is 13.6. The van der Waals surface area contributed by atoms with E-state index in [1.165, 1.54) is 0 Å². The molecule has 0 bridgehead atoms. The molecule has 2 aliphatic rings. The fourth-order valence-corrected chi connectivity index (χ4v) is 10.5. The van der Waals surface area contributed by atoms with Crippen LogP contribution >= 0.6 is 0 Å². The molecular formula is C46H28N4O2S. The molecular weight excluding hydrogens is 673 g/mol. The second kappa shape index (κ2) is 10.9. The van der Waals surface area contributed by atoms with Crippen LogP contribution < -0.4 is 0 Å². The summed E-state index contributed by atoms with van der Waals surface area (Å²) < 4.78 is 32.0. The Morgan fingerprint density at radius 3 is 1.60 bits per heavy atom. The number of sulfone groups is 1. The van der Waals surface area contributed by atoms with Crippen LogP contribution in [0.15, 0.2) is 180 Å². The predicted molar refractivity (Wildman–Crippen MR) is 208 cm³/mol. The Bertz CT molecular complexity index is 2980. The van der Waals surface area contributed by atoms with Crippen LogP contribution in [-0.2, 0) is 15.3 Å². The quantitative estimate of drug-likeness (QED) is 0.183. The summed E-state index contributed by atoms with van der Waals surface area (Å²) in [6.07, 6.45) is 0. The number of benzene rings is 7. The standard InChI is InChI=1S/C46H28N4O2S/c51-53(52)41-26-14-12-24-37(41)46(35-22-10-7-19-31(35)32-20-8-11-23-36(32)46)38-27-34-33-21-9-13-25-39(33)50(40(34)28-42(38)53)45-48-43(29-15-3-1-4-16-29)47-44(49-45)30-17-5-2-6-18-30/h1-28H. The third-order valence-electron chi connectivity index (χ3n) is 10.9. The molecule has 0 saturated heterocycles. The van der Waals surface area contributed by atoms with E-state index in [1.807, 2.05) is 108 Å². The molecule has 0 amide bonds. The second-order valence-corrected chi connectivity index (χ2v) is 15.5. The zero-order chi connectivity index (χ0) is 35.3. The highest BCUT2D eigenvalue weighted by atomic mass is 32.2. The third kappa shape index (κ3) is 4.02. The van der Waals surface area contributed by atoms with Crippen LogP contribution in [0, 0.1) is 0 Å². The number of fused-ring (bicyclic) bond motifs is 12. The molecule has 1 spiro atoms. The van der Waals surface area contributed by atoms with Crippen LogP contribution in [0.1, 0.15) is 22.3 Å². The predicted octanol–water partition coefficient (Wildman–Crippen LogP) is 9.81. The topological polar surface area (TPSA) is 77.7 Å². The summed E-state index contributed by atoms with van der Waals surface area (Å²) in [6, 6.07) is 56.2. The molecule has 2 aromatic heterocycles. The first-order valence-corrected chi connectivity index (χ1v) is 19.0. The van der Waals surface area contributed by atoms with Crippen LogP contribution in [-0.4, -0.2) is 27.9 Å². The zero-order valence-corrected chi connectivity index (χ0v) is 29.0. The minimum absolute atomic E-state index is 0.278. The first kappa shape index (κ1) is 30.0. The third-order valence-corrected chi connectivity index (χ3v) is 12.7. The lowest BCUT2D eigenvalue weighted by Crippen LogP contribution is -2.36. The van der Waals surface area contributed by atoms with Crippen molar-refractivity contribution in [1.82, 2.24) is 19.5 Å². The van der Waals surface area contributed by atoms with E-state index in [0.29, 0.717) is 28.0 Å². The Kier molecular flexibility index (Phi) is 6.17. The van der Waals surface area contributed by atoms with E-state index in [2.05, 4.69) is 60.7 Å². The summed E-state index contributed by atoms with van der Waals surface area (Å²) in [5.41, 5.74) is 8.30. The normalized spacial score (nSPS) is 14.5. The molecule has 0 fully saturated rings. The Balaban J connectivity index is 1.28. The molecule has 0 radical (unpaired) electrons. The Morgan fingerprint density at radius 1 is 0.434 bits per heavy atom. The lowest BCUT2D eigenvalue weighted by atomic mass is 9.67. The zero-order valence-electron chi connectivity index (χ0n) is 28.2. The summed E-state index contributed by atoms with van der Waals surface area (Å²) in [5, 5.41) is 1.89. The first-order valence-electron chi connectivity index (χ1n) is 17.5. The molecule has 6 nitrogen and oxygen atoms in total. The van der Waals surface area contributed by atoms with Crippen molar-refractivity contribution >= 4 is 31.6 Å². The van der Waals surface area contributed by atoms with Crippen molar-refractivity contribution in [3.63, 3.8) is 0 Å². The Hall–Kier alpha value is -6.70. The van der Waals surface area contributed by atoms with Gasteiger partial charge in [0.2, 0.25) is 15.8 Å². The van der Waals surface area contributed by atoms with Gasteiger partial charge in [-0.25, -0.2) is 13.4 Å². The minimum Gasteiger partial charge on any atom is -0.278 e. The molecule has 0 saturated carbocycles. The van der Waals surface area contributed by atoms with Crippen molar-refractivity contribution < 1.29 is 8.42 Å². The number of para-hydroxylation sites is 1. The molecule has 7 heteroatoms. The lowest BCUT2D eigenvalue weighted by Gasteiger charge is -2.39. The summed E-state index contributed by atoms with van der Waals surface area (Å²) in [5.74, 6) is 1.46. The number of aromatic nitrogens is 4. The van der Waals surface area contributed by atoms with E-state index in [9.17, 15) is 8.42 Å². The summed E-state index contributed by atoms with van der Waals surface area (Å²) in [6.45, 7) is 0. The highest BCUT2D eigenvalue weighted by molar-refractivity contribution is 7.91. The van der Waals surface area contributed by atoms with Crippen molar-refractivity contribution in [3.8, 4) is 39.9 Å². The number of rotatable bonds is 3. The maximum absolute atomic E-state index is 15.0. The molecule has 0 N–H and O–H groups in total. The average Bonchev–Trinajstić information content (AvgIpc) is 3.71. The molecule has 0 atom stereocenters. The SMILES string of the molecule is O=S1(=O)c2ccccc2C2(c3ccccc3-c3ccccc32)c2cc3c4ccccc4n(-c4nc(-c5ccccc5)nc(-c5ccccc5)n4)c3cc21. The van der Waals surface area contributed by atoms with Gasteiger partial charge in [0.15, 0.2) is 11.6 Å². The van der Waals surface area contributed by atoms with Gasteiger partial charge in [-0.1, -0.05) is 146 Å². The van der Waals surface area contributed by atoms with Crippen LogP contribution in [0.4, 0.5) is 0 Å². The number of nitrogens with zero attached hydrogens (tertiary/aromatic N) is 4. The molecule has 1 aliphatic heterocycles. The summed E-state index contributed by atoms with van der Waals surface area (Å²) >= 11 is 0. The maximum atomic E-state index is 15.0. The van der Waals surface area contributed by atoms with Gasteiger partial charge in [0.25, 0.3) is 0 Å². The van der Waals surface area contributed by atoms with Crippen LogP contribution in [0.3, 0.4) is 0 Å². The Labute approximate surface area is 305 Å². The van der Waals surface area contributed by atoms with E-state index in [4.69, 9.17) is 15.0 Å². The largest absolute Gasteiger partial charge is 0.278 e. The van der Waals surface area contributed by atoms with Gasteiger partial charge < -0.3 is 0 Å². The smallest absolute Gasteiger partial charge is 0.238 e. The highest BCUT2D eigenvalue weighted by Gasteiger charge is 2.53.